The highest BCUT2D eigenvalue weighted by Crippen LogP contribution is 2.14. The third kappa shape index (κ3) is 3.48. The molecule has 0 radical (unpaired) electrons. The summed E-state index contributed by atoms with van der Waals surface area (Å²) in [6, 6.07) is 4.75. The fraction of sp³-hybridized carbons (Fsp3) is 0.462. The highest BCUT2D eigenvalue weighted by molar-refractivity contribution is 6.76. The summed E-state index contributed by atoms with van der Waals surface area (Å²) < 4.78 is 7.19. The smallest absolute Gasteiger partial charge is 0.170 e. The van der Waals surface area contributed by atoms with E-state index in [0.29, 0.717) is 24.5 Å². The van der Waals surface area contributed by atoms with E-state index in [1.165, 1.54) is 0 Å². The van der Waals surface area contributed by atoms with Gasteiger partial charge in [-0.15, -0.1) is 0 Å². The minimum absolute atomic E-state index is 0.301. The summed E-state index contributed by atoms with van der Waals surface area (Å²) in [7, 11) is -1.09. The number of nitrogens with zero attached hydrogens (tertiary/aromatic N) is 3. The number of carbonyl (C=O) groups excluding carboxylic acids is 1. The first-order chi connectivity index (χ1) is 9.01. The Hall–Kier alpha value is -1.53. The molecule has 0 atom stereocenters. The minimum Gasteiger partial charge on any atom is -0.360 e. The number of hydrogen-bond donors (Lipinski definition) is 0. The van der Waals surface area contributed by atoms with Crippen LogP contribution in [0, 0.1) is 0 Å². The van der Waals surface area contributed by atoms with Crippen molar-refractivity contribution in [1.29, 1.82) is 0 Å². The zero-order valence-corrected chi connectivity index (χ0v) is 12.6. The molecule has 0 fully saturated rings. The van der Waals surface area contributed by atoms with Gasteiger partial charge in [0.05, 0.1) is 0 Å². The predicted molar refractivity (Wildman–Crippen MR) is 77.0 cm³/mol. The van der Waals surface area contributed by atoms with Gasteiger partial charge in [-0.05, 0) is 18.2 Å². The Morgan fingerprint density at radius 2 is 2.21 bits per heavy atom. The van der Waals surface area contributed by atoms with Crippen molar-refractivity contribution in [3.63, 3.8) is 0 Å². The summed E-state index contributed by atoms with van der Waals surface area (Å²) >= 11 is 0. The molecule has 0 aliphatic rings. The summed E-state index contributed by atoms with van der Waals surface area (Å²) in [6.07, 6.45) is 2.44. The monoisotopic (exact) mass is 277 g/mol. The molecule has 2 aromatic heterocycles. The maximum absolute atomic E-state index is 11.1. The van der Waals surface area contributed by atoms with E-state index in [4.69, 9.17) is 4.74 Å². The van der Waals surface area contributed by atoms with Crippen molar-refractivity contribution >= 4 is 25.4 Å². The SMILES string of the molecule is C[Si](C)(C)CCOCn1nc2cccnc2c1C=O. The third-order valence-electron chi connectivity index (χ3n) is 2.86. The van der Waals surface area contributed by atoms with Crippen LogP contribution >= 0.6 is 0 Å². The van der Waals surface area contributed by atoms with E-state index in [1.54, 1.807) is 16.9 Å². The van der Waals surface area contributed by atoms with Gasteiger partial charge in [0, 0.05) is 20.9 Å². The number of aromatic nitrogens is 3. The van der Waals surface area contributed by atoms with Crippen LogP contribution in [0.2, 0.25) is 25.7 Å². The molecule has 2 rings (SSSR count). The molecular formula is C13H19N3O2Si. The molecule has 0 spiro atoms. The molecular weight excluding hydrogens is 258 g/mol. The van der Waals surface area contributed by atoms with E-state index < -0.39 is 8.07 Å². The molecule has 19 heavy (non-hydrogen) atoms. The standard InChI is InChI=1S/C13H19N3O2Si/c1-19(2,3)8-7-18-10-16-12(9-17)13-11(15-16)5-4-6-14-13/h4-6,9H,7-8,10H2,1-3H3. The second kappa shape index (κ2) is 5.62. The Morgan fingerprint density at radius 3 is 2.89 bits per heavy atom. The van der Waals surface area contributed by atoms with Crippen LogP contribution in [0.15, 0.2) is 18.3 Å². The Morgan fingerprint density at radius 1 is 1.42 bits per heavy atom. The van der Waals surface area contributed by atoms with Crippen LogP contribution < -0.4 is 0 Å². The molecule has 2 aromatic rings. The van der Waals surface area contributed by atoms with Crippen LogP contribution in [0.4, 0.5) is 0 Å². The van der Waals surface area contributed by atoms with Crippen LogP contribution in [-0.2, 0) is 11.5 Å². The van der Waals surface area contributed by atoms with Gasteiger partial charge in [-0.1, -0.05) is 19.6 Å². The predicted octanol–water partition coefficient (Wildman–Crippen LogP) is 2.56. The average Bonchev–Trinajstić information content (AvgIpc) is 2.71. The lowest BCUT2D eigenvalue weighted by atomic mass is 10.3. The fourth-order valence-corrected chi connectivity index (χ4v) is 2.48. The van der Waals surface area contributed by atoms with Crippen molar-refractivity contribution in [3.8, 4) is 0 Å². The Bertz CT molecular complexity index is 575. The number of ether oxygens (including phenoxy) is 1. The minimum atomic E-state index is -1.09. The van der Waals surface area contributed by atoms with E-state index in [-0.39, 0.29) is 0 Å². The number of pyridine rings is 1. The first kappa shape index (κ1) is 13.9. The maximum atomic E-state index is 11.1. The molecule has 102 valence electrons. The number of carbonyl (C=O) groups is 1. The van der Waals surface area contributed by atoms with E-state index in [2.05, 4.69) is 29.7 Å². The summed E-state index contributed by atoms with van der Waals surface area (Å²) in [5.74, 6) is 0. The molecule has 2 heterocycles. The van der Waals surface area contributed by atoms with Crippen LogP contribution in [0.5, 0.6) is 0 Å². The van der Waals surface area contributed by atoms with E-state index >= 15 is 0 Å². The topological polar surface area (TPSA) is 57.0 Å². The summed E-state index contributed by atoms with van der Waals surface area (Å²) in [4.78, 5) is 15.3. The average molecular weight is 277 g/mol. The number of aldehydes is 1. The van der Waals surface area contributed by atoms with Crippen LogP contribution in [0.3, 0.4) is 0 Å². The van der Waals surface area contributed by atoms with Crippen LogP contribution in [0.25, 0.3) is 11.0 Å². The lowest BCUT2D eigenvalue weighted by molar-refractivity contribution is 0.0758. The molecule has 0 aromatic carbocycles. The molecule has 0 amide bonds. The number of rotatable bonds is 6. The first-order valence-corrected chi connectivity index (χ1v) is 10.1. The van der Waals surface area contributed by atoms with Crippen LogP contribution in [-0.4, -0.2) is 35.7 Å². The van der Waals surface area contributed by atoms with Crippen molar-refractivity contribution in [2.45, 2.75) is 32.4 Å². The van der Waals surface area contributed by atoms with E-state index in [1.807, 2.05) is 6.07 Å². The summed E-state index contributed by atoms with van der Waals surface area (Å²) in [6.45, 7) is 7.92. The zero-order chi connectivity index (χ0) is 13.9. The molecule has 0 unspecified atom stereocenters. The van der Waals surface area contributed by atoms with Gasteiger partial charge in [-0.2, -0.15) is 5.10 Å². The van der Waals surface area contributed by atoms with Gasteiger partial charge in [0.1, 0.15) is 23.5 Å². The highest BCUT2D eigenvalue weighted by atomic mass is 28.3. The van der Waals surface area contributed by atoms with Gasteiger partial charge in [-0.3, -0.25) is 9.78 Å². The van der Waals surface area contributed by atoms with Crippen LogP contribution in [0.1, 0.15) is 10.5 Å². The maximum Gasteiger partial charge on any atom is 0.170 e. The van der Waals surface area contributed by atoms with Gasteiger partial charge in [0.15, 0.2) is 6.29 Å². The fourth-order valence-electron chi connectivity index (χ4n) is 1.73. The Labute approximate surface area is 113 Å². The normalized spacial score (nSPS) is 11.9. The summed E-state index contributed by atoms with van der Waals surface area (Å²) in [5.41, 5.74) is 1.83. The second-order valence-corrected chi connectivity index (χ2v) is 11.3. The lowest BCUT2D eigenvalue weighted by Crippen LogP contribution is -2.22. The molecule has 0 bridgehead atoms. The zero-order valence-electron chi connectivity index (χ0n) is 11.6. The van der Waals surface area contributed by atoms with Gasteiger partial charge in [0.2, 0.25) is 0 Å². The number of fused-ring (bicyclic) bond motifs is 1. The van der Waals surface area contributed by atoms with Crippen molar-refractivity contribution in [2.24, 2.45) is 0 Å². The molecule has 0 saturated carbocycles. The second-order valence-electron chi connectivity index (χ2n) is 5.72. The molecule has 0 aliphatic heterocycles. The highest BCUT2D eigenvalue weighted by Gasteiger charge is 2.14. The number of hydrogen-bond acceptors (Lipinski definition) is 4. The summed E-state index contributed by atoms with van der Waals surface area (Å²) in [5, 5.41) is 4.33. The van der Waals surface area contributed by atoms with E-state index in [0.717, 1.165) is 17.8 Å². The van der Waals surface area contributed by atoms with Gasteiger partial charge >= 0.3 is 0 Å². The molecule has 0 aliphatic carbocycles. The van der Waals surface area contributed by atoms with Crippen molar-refractivity contribution in [1.82, 2.24) is 14.8 Å². The third-order valence-corrected chi connectivity index (χ3v) is 4.56. The van der Waals surface area contributed by atoms with Crippen molar-refractivity contribution in [3.05, 3.63) is 24.0 Å². The lowest BCUT2D eigenvalue weighted by Gasteiger charge is -2.15. The Kier molecular flexibility index (Phi) is 4.11. The molecule has 5 nitrogen and oxygen atoms in total. The molecule has 0 N–H and O–H groups in total. The molecule has 0 saturated heterocycles. The quantitative estimate of drug-likeness (QED) is 0.462. The Balaban J connectivity index is 2.06. The van der Waals surface area contributed by atoms with Crippen molar-refractivity contribution in [2.75, 3.05) is 6.61 Å². The first-order valence-electron chi connectivity index (χ1n) is 6.36. The van der Waals surface area contributed by atoms with E-state index in [9.17, 15) is 4.79 Å². The largest absolute Gasteiger partial charge is 0.360 e. The molecule has 6 heteroatoms. The van der Waals surface area contributed by atoms with Gasteiger partial charge in [0.25, 0.3) is 0 Å². The van der Waals surface area contributed by atoms with Crippen molar-refractivity contribution < 1.29 is 9.53 Å². The van der Waals surface area contributed by atoms with Gasteiger partial charge < -0.3 is 4.74 Å². The van der Waals surface area contributed by atoms with Gasteiger partial charge in [-0.25, -0.2) is 4.68 Å².